The predicted octanol–water partition coefficient (Wildman–Crippen LogP) is 2.90. The lowest BCUT2D eigenvalue weighted by Crippen LogP contribution is -2.49. The van der Waals surface area contributed by atoms with Crippen LogP contribution in [0.1, 0.15) is 22.4 Å². The average molecular weight is 470 g/mol. The van der Waals surface area contributed by atoms with E-state index in [0.29, 0.717) is 24.5 Å². The first-order valence-electron chi connectivity index (χ1n) is 9.05. The quantitative estimate of drug-likeness (QED) is 0.634. The predicted molar refractivity (Wildman–Crippen MR) is 118 cm³/mol. The highest BCUT2D eigenvalue weighted by atomic mass is 35.5. The first kappa shape index (κ1) is 22.4. The minimum Gasteiger partial charge on any atom is -0.454 e. The monoisotopic (exact) mass is 469 g/mol. The Labute approximate surface area is 190 Å². The average Bonchev–Trinajstić information content (AvgIpc) is 3.47. The molecule has 3 aromatic rings. The molecule has 1 amide bonds. The Kier molecular flexibility index (Phi) is 6.87. The molecule has 1 N–H and O–H groups in total. The molecule has 2 aliphatic rings. The number of carbonyl (C=O) groups is 1. The molecule has 1 saturated heterocycles. The molecule has 2 aromatic heterocycles. The normalized spacial score (nSPS) is 17.2. The number of nitrogens with one attached hydrogen (secondary N) is 1. The van der Waals surface area contributed by atoms with Gasteiger partial charge in [-0.3, -0.25) is 4.79 Å². The first-order valence-corrected chi connectivity index (χ1v) is 9.93. The van der Waals surface area contributed by atoms with Crippen molar-refractivity contribution in [1.29, 1.82) is 0 Å². The Morgan fingerprint density at radius 2 is 2.10 bits per heavy atom. The summed E-state index contributed by atoms with van der Waals surface area (Å²) in [5.74, 6) is 2.23. The smallest absolute Gasteiger partial charge is 0.274 e. The van der Waals surface area contributed by atoms with Crippen LogP contribution < -0.4 is 14.8 Å². The Morgan fingerprint density at radius 3 is 2.90 bits per heavy atom. The summed E-state index contributed by atoms with van der Waals surface area (Å²) in [6.45, 7) is 2.28. The van der Waals surface area contributed by atoms with E-state index in [-0.39, 0.29) is 43.6 Å². The van der Waals surface area contributed by atoms with Crippen LogP contribution in [-0.2, 0) is 7.05 Å². The van der Waals surface area contributed by atoms with Gasteiger partial charge in [-0.2, -0.15) is 0 Å². The van der Waals surface area contributed by atoms with E-state index in [0.717, 1.165) is 28.7 Å². The summed E-state index contributed by atoms with van der Waals surface area (Å²) in [5.41, 5.74) is 1.37. The van der Waals surface area contributed by atoms with E-state index in [9.17, 15) is 4.79 Å². The summed E-state index contributed by atoms with van der Waals surface area (Å²) in [6, 6.07) is 5.59. The van der Waals surface area contributed by atoms with Crippen LogP contribution in [0, 0.1) is 0 Å². The summed E-state index contributed by atoms with van der Waals surface area (Å²) in [7, 11) is 1.94. The van der Waals surface area contributed by atoms with Crippen LogP contribution in [0.15, 0.2) is 36.0 Å². The van der Waals surface area contributed by atoms with E-state index in [2.05, 4.69) is 15.3 Å². The number of piperazine rings is 1. The highest BCUT2D eigenvalue weighted by molar-refractivity contribution is 7.13. The first-order chi connectivity index (χ1) is 13.7. The summed E-state index contributed by atoms with van der Waals surface area (Å²) >= 11 is 1.45. The second-order valence-corrected chi connectivity index (χ2v) is 7.58. The van der Waals surface area contributed by atoms with Crippen molar-refractivity contribution >= 4 is 42.1 Å². The number of amides is 1. The number of halogens is 2. The molecule has 2 aliphatic heterocycles. The molecule has 0 radical (unpaired) electrons. The van der Waals surface area contributed by atoms with Gasteiger partial charge in [-0.1, -0.05) is 0 Å². The molecule has 1 unspecified atom stereocenters. The van der Waals surface area contributed by atoms with Gasteiger partial charge in [0.25, 0.3) is 5.91 Å². The molecule has 4 heterocycles. The Hall–Kier alpha value is -2.33. The zero-order valence-corrected chi connectivity index (χ0v) is 18.6. The number of nitrogens with zero attached hydrogens (tertiary/aromatic N) is 4. The fourth-order valence-corrected chi connectivity index (χ4v) is 4.35. The van der Waals surface area contributed by atoms with Crippen LogP contribution >= 0.6 is 36.2 Å². The van der Waals surface area contributed by atoms with Crippen molar-refractivity contribution in [1.82, 2.24) is 24.8 Å². The van der Waals surface area contributed by atoms with E-state index in [1.807, 2.05) is 46.3 Å². The molecule has 30 heavy (non-hydrogen) atoms. The van der Waals surface area contributed by atoms with Crippen molar-refractivity contribution in [3.63, 3.8) is 0 Å². The molecule has 1 fully saturated rings. The Bertz CT molecular complexity index is 1040. The van der Waals surface area contributed by atoms with Crippen molar-refractivity contribution in [3.8, 4) is 22.1 Å². The second-order valence-electron chi connectivity index (χ2n) is 6.72. The van der Waals surface area contributed by atoms with Crippen LogP contribution in [0.3, 0.4) is 0 Å². The van der Waals surface area contributed by atoms with Crippen LogP contribution in [0.25, 0.3) is 10.6 Å². The number of fused-ring (bicyclic) bond motifs is 1. The van der Waals surface area contributed by atoms with Crippen LogP contribution in [0.5, 0.6) is 11.5 Å². The zero-order valence-electron chi connectivity index (χ0n) is 16.1. The van der Waals surface area contributed by atoms with Gasteiger partial charge in [0.2, 0.25) is 6.79 Å². The van der Waals surface area contributed by atoms with Gasteiger partial charge in [-0.05, 0) is 18.2 Å². The minimum absolute atomic E-state index is 0. The molecule has 1 atom stereocenters. The Balaban J connectivity index is 0.00000128. The number of benzene rings is 1. The van der Waals surface area contributed by atoms with E-state index in [4.69, 9.17) is 9.47 Å². The molecule has 0 aliphatic carbocycles. The zero-order chi connectivity index (χ0) is 19.1. The second kappa shape index (κ2) is 9.22. The molecule has 1 aromatic carbocycles. The van der Waals surface area contributed by atoms with Crippen molar-refractivity contribution < 1.29 is 14.3 Å². The number of ether oxygens (including phenoxy) is 2. The van der Waals surface area contributed by atoms with Crippen LogP contribution in [0.2, 0.25) is 0 Å². The van der Waals surface area contributed by atoms with Crippen molar-refractivity contribution in [2.75, 3.05) is 26.4 Å². The third kappa shape index (κ3) is 3.98. The standard InChI is InChI=1S/C19H19N5O3S.2ClH/c1-23-6-5-21-17(23)14-9-20-4-7-24(14)19(25)13-10-28-18(22-13)12-2-3-15-16(8-12)27-11-26-15;;/h2-3,5-6,8,10,14,20H,4,7,9,11H2,1H3;2*1H. The van der Waals surface area contributed by atoms with Crippen LogP contribution in [0.4, 0.5) is 0 Å². The fraction of sp³-hybridized carbons (Fsp3) is 0.316. The summed E-state index contributed by atoms with van der Waals surface area (Å²) in [5, 5.41) is 5.95. The summed E-state index contributed by atoms with van der Waals surface area (Å²) in [4.78, 5) is 24.1. The number of hydrogen-bond donors (Lipinski definition) is 1. The van der Waals surface area contributed by atoms with Gasteiger partial charge < -0.3 is 24.3 Å². The molecule has 8 nitrogen and oxygen atoms in total. The van der Waals surface area contributed by atoms with E-state index >= 15 is 0 Å². The number of thiazole rings is 1. The van der Waals surface area contributed by atoms with Gasteiger partial charge in [-0.25, -0.2) is 9.97 Å². The lowest BCUT2D eigenvalue weighted by Gasteiger charge is -2.35. The minimum atomic E-state index is -0.114. The van der Waals surface area contributed by atoms with Gasteiger partial charge in [-0.15, -0.1) is 36.2 Å². The molecule has 0 saturated carbocycles. The highest BCUT2D eigenvalue weighted by Gasteiger charge is 2.32. The summed E-state index contributed by atoms with van der Waals surface area (Å²) in [6.07, 6.45) is 3.65. The molecule has 5 rings (SSSR count). The molecule has 11 heteroatoms. The van der Waals surface area contributed by atoms with E-state index in [1.165, 1.54) is 11.3 Å². The van der Waals surface area contributed by atoms with Gasteiger partial charge in [0.05, 0.1) is 0 Å². The van der Waals surface area contributed by atoms with Crippen molar-refractivity contribution in [3.05, 3.63) is 47.5 Å². The largest absolute Gasteiger partial charge is 0.454 e. The Morgan fingerprint density at radius 1 is 1.27 bits per heavy atom. The number of carbonyl (C=O) groups excluding carboxylic acids is 1. The number of imidazole rings is 1. The highest BCUT2D eigenvalue weighted by Crippen LogP contribution is 2.37. The third-order valence-corrected chi connectivity index (χ3v) is 5.89. The number of aromatic nitrogens is 3. The van der Waals surface area contributed by atoms with Gasteiger partial charge >= 0.3 is 0 Å². The molecule has 160 valence electrons. The maximum atomic E-state index is 13.2. The number of aryl methyl sites for hydroxylation is 1. The maximum Gasteiger partial charge on any atom is 0.274 e. The molecule has 0 bridgehead atoms. The van der Waals surface area contributed by atoms with Gasteiger partial charge in [0.1, 0.15) is 22.6 Å². The van der Waals surface area contributed by atoms with Gasteiger partial charge in [0, 0.05) is 50.0 Å². The summed E-state index contributed by atoms with van der Waals surface area (Å²) < 4.78 is 12.8. The number of rotatable bonds is 3. The molecule has 0 spiro atoms. The van der Waals surface area contributed by atoms with E-state index in [1.54, 1.807) is 6.20 Å². The van der Waals surface area contributed by atoms with Crippen molar-refractivity contribution in [2.45, 2.75) is 6.04 Å². The van der Waals surface area contributed by atoms with Crippen LogP contribution in [-0.4, -0.2) is 51.8 Å². The fourth-order valence-electron chi connectivity index (χ4n) is 3.56. The SMILES string of the molecule is Cl.Cl.Cn1ccnc1C1CNCCN1C(=O)c1csc(-c2ccc3c(c2)OCO3)n1. The van der Waals surface area contributed by atoms with Crippen molar-refractivity contribution in [2.24, 2.45) is 7.05 Å². The third-order valence-electron chi connectivity index (χ3n) is 5.00. The number of hydrogen-bond acceptors (Lipinski definition) is 7. The van der Waals surface area contributed by atoms with Gasteiger partial charge in [0.15, 0.2) is 11.5 Å². The topological polar surface area (TPSA) is 81.5 Å². The molecular formula is C19H21Cl2N5O3S. The van der Waals surface area contributed by atoms with E-state index < -0.39 is 0 Å². The lowest BCUT2D eigenvalue weighted by atomic mass is 10.1. The maximum absolute atomic E-state index is 13.2. The molecular weight excluding hydrogens is 449 g/mol. The lowest BCUT2D eigenvalue weighted by molar-refractivity contribution is 0.0615.